The van der Waals surface area contributed by atoms with Crippen molar-refractivity contribution in [3.8, 4) is 0 Å². The zero-order chi connectivity index (χ0) is 14.2. The average Bonchev–Trinajstić information content (AvgIpc) is 2.53. The van der Waals surface area contributed by atoms with E-state index >= 15 is 0 Å². The van der Waals surface area contributed by atoms with Gasteiger partial charge in [-0.1, -0.05) is 35.5 Å². The van der Waals surface area contributed by atoms with Crippen molar-refractivity contribution >= 4 is 5.84 Å². The van der Waals surface area contributed by atoms with Crippen LogP contribution in [0.1, 0.15) is 18.0 Å². The van der Waals surface area contributed by atoms with Crippen LogP contribution in [0.15, 0.2) is 35.5 Å². The van der Waals surface area contributed by atoms with Gasteiger partial charge in [0.2, 0.25) is 0 Å². The molecule has 0 amide bonds. The van der Waals surface area contributed by atoms with Crippen LogP contribution in [0, 0.1) is 0 Å². The zero-order valence-corrected chi connectivity index (χ0v) is 11.4. The molecule has 0 bridgehead atoms. The van der Waals surface area contributed by atoms with E-state index in [1.165, 1.54) is 0 Å². The molecule has 0 aromatic heterocycles. The predicted molar refractivity (Wildman–Crippen MR) is 75.8 cm³/mol. The van der Waals surface area contributed by atoms with Gasteiger partial charge in [-0.2, -0.15) is 0 Å². The number of nitrogens with zero attached hydrogens (tertiary/aromatic N) is 1. The molecule has 1 aromatic carbocycles. The van der Waals surface area contributed by atoms with Gasteiger partial charge in [0.05, 0.1) is 25.9 Å². The molecule has 1 aromatic rings. The normalized spacial score (nSPS) is 21.6. The largest absolute Gasteiger partial charge is 0.409 e. The lowest BCUT2D eigenvalue weighted by Gasteiger charge is -2.26. The molecule has 20 heavy (non-hydrogen) atoms. The molecule has 1 aliphatic heterocycles. The van der Waals surface area contributed by atoms with Crippen molar-refractivity contribution in [1.29, 1.82) is 0 Å². The molecule has 0 radical (unpaired) electrons. The van der Waals surface area contributed by atoms with E-state index in [1.54, 1.807) is 0 Å². The Hall–Kier alpha value is -1.63. The first-order valence-electron chi connectivity index (χ1n) is 6.73. The zero-order valence-electron chi connectivity index (χ0n) is 11.4. The third-order valence-corrected chi connectivity index (χ3v) is 3.22. The average molecular weight is 279 g/mol. The van der Waals surface area contributed by atoms with Crippen LogP contribution >= 0.6 is 0 Å². The van der Waals surface area contributed by atoms with Crippen LogP contribution in [0.3, 0.4) is 0 Å². The molecule has 4 N–H and O–H groups in total. The Balaban J connectivity index is 1.95. The van der Waals surface area contributed by atoms with E-state index in [9.17, 15) is 0 Å². The van der Waals surface area contributed by atoms with E-state index in [0.29, 0.717) is 32.8 Å². The van der Waals surface area contributed by atoms with Gasteiger partial charge >= 0.3 is 0 Å². The van der Waals surface area contributed by atoms with E-state index in [-0.39, 0.29) is 18.0 Å². The molecule has 1 heterocycles. The SMILES string of the molecule is NC(CC(NCC1COCCO1)c1ccccc1)=NO. The van der Waals surface area contributed by atoms with Crippen molar-refractivity contribution < 1.29 is 14.7 Å². The first kappa shape index (κ1) is 14.8. The fourth-order valence-corrected chi connectivity index (χ4v) is 2.17. The standard InChI is InChI=1S/C14H21N3O3/c15-14(17-18)8-13(11-4-2-1-3-5-11)16-9-12-10-19-6-7-20-12/h1-5,12-13,16,18H,6-10H2,(H2,15,17). The summed E-state index contributed by atoms with van der Waals surface area (Å²) >= 11 is 0. The lowest BCUT2D eigenvalue weighted by Crippen LogP contribution is -2.39. The molecule has 1 fully saturated rings. The molecule has 1 saturated heterocycles. The van der Waals surface area contributed by atoms with Gasteiger partial charge in [-0.3, -0.25) is 0 Å². The minimum atomic E-state index is -0.0161. The number of ether oxygens (including phenoxy) is 2. The van der Waals surface area contributed by atoms with E-state index < -0.39 is 0 Å². The fourth-order valence-electron chi connectivity index (χ4n) is 2.17. The number of hydrogen-bond acceptors (Lipinski definition) is 5. The molecule has 6 nitrogen and oxygen atoms in total. The Kier molecular flexibility index (Phi) is 5.79. The summed E-state index contributed by atoms with van der Waals surface area (Å²) in [7, 11) is 0. The van der Waals surface area contributed by atoms with Crippen molar-refractivity contribution in [2.45, 2.75) is 18.6 Å². The van der Waals surface area contributed by atoms with Gasteiger partial charge in [0, 0.05) is 19.0 Å². The number of hydrogen-bond donors (Lipinski definition) is 3. The molecule has 110 valence electrons. The molecular formula is C14H21N3O3. The molecule has 6 heteroatoms. The number of nitrogens with one attached hydrogen (secondary N) is 1. The summed E-state index contributed by atoms with van der Waals surface area (Å²) in [6.45, 7) is 2.54. The van der Waals surface area contributed by atoms with Crippen LogP contribution < -0.4 is 11.1 Å². The van der Waals surface area contributed by atoms with Crippen LogP contribution in [0.4, 0.5) is 0 Å². The first-order chi connectivity index (χ1) is 9.79. The predicted octanol–water partition coefficient (Wildman–Crippen LogP) is 0.869. The number of rotatable bonds is 6. The smallest absolute Gasteiger partial charge is 0.141 e. The summed E-state index contributed by atoms with van der Waals surface area (Å²) in [5.74, 6) is 0.201. The van der Waals surface area contributed by atoms with Gasteiger partial charge in [-0.15, -0.1) is 0 Å². The fraction of sp³-hybridized carbons (Fsp3) is 0.500. The monoisotopic (exact) mass is 279 g/mol. The highest BCUT2D eigenvalue weighted by Gasteiger charge is 2.18. The Morgan fingerprint density at radius 2 is 2.20 bits per heavy atom. The Labute approximate surface area is 118 Å². The van der Waals surface area contributed by atoms with Crippen molar-refractivity contribution in [2.75, 3.05) is 26.4 Å². The summed E-state index contributed by atoms with van der Waals surface area (Å²) < 4.78 is 11.0. The maximum Gasteiger partial charge on any atom is 0.141 e. The summed E-state index contributed by atoms with van der Waals surface area (Å²) in [6.07, 6.45) is 0.482. The number of amidine groups is 1. The first-order valence-corrected chi connectivity index (χ1v) is 6.73. The molecule has 2 unspecified atom stereocenters. The summed E-state index contributed by atoms with van der Waals surface area (Å²) in [6, 6.07) is 9.91. The second-order valence-electron chi connectivity index (χ2n) is 4.73. The van der Waals surface area contributed by atoms with Crippen LogP contribution in [-0.2, 0) is 9.47 Å². The molecule has 0 spiro atoms. The highest BCUT2D eigenvalue weighted by Crippen LogP contribution is 2.16. The van der Waals surface area contributed by atoms with Crippen LogP contribution in [0.5, 0.6) is 0 Å². The summed E-state index contributed by atoms with van der Waals surface area (Å²) in [4.78, 5) is 0. The highest BCUT2D eigenvalue weighted by molar-refractivity contribution is 5.80. The molecule has 0 saturated carbocycles. The van der Waals surface area contributed by atoms with E-state index in [0.717, 1.165) is 5.56 Å². The maximum atomic E-state index is 8.74. The lowest BCUT2D eigenvalue weighted by atomic mass is 10.0. The van der Waals surface area contributed by atoms with Gasteiger partial charge in [-0.25, -0.2) is 0 Å². The van der Waals surface area contributed by atoms with E-state index in [1.807, 2.05) is 30.3 Å². The van der Waals surface area contributed by atoms with E-state index in [2.05, 4.69) is 10.5 Å². The van der Waals surface area contributed by atoms with Crippen molar-refractivity contribution in [2.24, 2.45) is 10.9 Å². The van der Waals surface area contributed by atoms with Crippen molar-refractivity contribution in [3.63, 3.8) is 0 Å². The van der Waals surface area contributed by atoms with Crippen LogP contribution in [0.2, 0.25) is 0 Å². The highest BCUT2D eigenvalue weighted by atomic mass is 16.6. The van der Waals surface area contributed by atoms with Gasteiger partial charge in [0.15, 0.2) is 0 Å². The molecule has 1 aliphatic rings. The minimum Gasteiger partial charge on any atom is -0.409 e. The molecule has 2 rings (SSSR count). The maximum absolute atomic E-state index is 8.74. The third-order valence-electron chi connectivity index (χ3n) is 3.22. The topological polar surface area (TPSA) is 89.1 Å². The van der Waals surface area contributed by atoms with Crippen LogP contribution in [-0.4, -0.2) is 43.5 Å². The Morgan fingerprint density at radius 1 is 1.40 bits per heavy atom. The number of nitrogens with two attached hydrogens (primary N) is 1. The molecular weight excluding hydrogens is 258 g/mol. The van der Waals surface area contributed by atoms with Crippen LogP contribution in [0.25, 0.3) is 0 Å². The molecule has 0 aliphatic carbocycles. The Morgan fingerprint density at radius 3 is 2.85 bits per heavy atom. The minimum absolute atomic E-state index is 0.0161. The van der Waals surface area contributed by atoms with Gasteiger partial charge in [0.1, 0.15) is 5.84 Å². The van der Waals surface area contributed by atoms with Gasteiger partial charge in [0.25, 0.3) is 0 Å². The summed E-state index contributed by atoms with van der Waals surface area (Å²) in [5, 5.41) is 15.2. The van der Waals surface area contributed by atoms with Crippen molar-refractivity contribution in [1.82, 2.24) is 5.32 Å². The second-order valence-corrected chi connectivity index (χ2v) is 4.73. The summed E-state index contributed by atoms with van der Waals surface area (Å²) in [5.41, 5.74) is 6.72. The lowest BCUT2D eigenvalue weighted by molar-refractivity contribution is -0.0870. The third kappa shape index (κ3) is 4.48. The van der Waals surface area contributed by atoms with Crippen molar-refractivity contribution in [3.05, 3.63) is 35.9 Å². The quantitative estimate of drug-likeness (QED) is 0.311. The van der Waals surface area contributed by atoms with Gasteiger partial charge in [-0.05, 0) is 5.56 Å². The number of benzene rings is 1. The molecule has 2 atom stereocenters. The number of oxime groups is 1. The van der Waals surface area contributed by atoms with E-state index in [4.69, 9.17) is 20.4 Å². The Bertz CT molecular complexity index is 419. The van der Waals surface area contributed by atoms with Gasteiger partial charge < -0.3 is 25.7 Å². The second kappa shape index (κ2) is 7.84.